The largest absolute Gasteiger partial charge is 0.340 e. The van der Waals surface area contributed by atoms with E-state index in [0.29, 0.717) is 11.9 Å². The van der Waals surface area contributed by atoms with Gasteiger partial charge in [0.15, 0.2) is 0 Å². The summed E-state index contributed by atoms with van der Waals surface area (Å²) in [5, 5.41) is 0. The minimum absolute atomic E-state index is 0.105. The Kier molecular flexibility index (Phi) is 4.91. The highest BCUT2D eigenvalue weighted by Gasteiger charge is 2.41. The maximum atomic E-state index is 13.4. The van der Waals surface area contributed by atoms with Crippen LogP contribution in [0.15, 0.2) is 18.5 Å². The number of hydrogen-bond donors (Lipinski definition) is 0. The van der Waals surface area contributed by atoms with Gasteiger partial charge >= 0.3 is 0 Å². The van der Waals surface area contributed by atoms with Gasteiger partial charge in [-0.2, -0.15) is 0 Å². The molecule has 136 valence electrons. The highest BCUT2D eigenvalue weighted by Crippen LogP contribution is 2.39. The first-order valence-electron chi connectivity index (χ1n) is 10.1. The van der Waals surface area contributed by atoms with E-state index in [1.807, 2.05) is 6.07 Å². The minimum Gasteiger partial charge on any atom is -0.340 e. The van der Waals surface area contributed by atoms with E-state index < -0.39 is 0 Å². The third-order valence-electron chi connectivity index (χ3n) is 6.63. The number of nitrogens with zero attached hydrogens (tertiary/aromatic N) is 4. The van der Waals surface area contributed by atoms with Crippen LogP contribution in [0.5, 0.6) is 0 Å². The van der Waals surface area contributed by atoms with Crippen molar-refractivity contribution in [1.82, 2.24) is 14.9 Å². The molecule has 2 saturated heterocycles. The Hall–Kier alpha value is -1.65. The van der Waals surface area contributed by atoms with Crippen molar-refractivity contribution in [2.24, 2.45) is 17.8 Å². The highest BCUT2D eigenvalue weighted by molar-refractivity contribution is 5.80. The van der Waals surface area contributed by atoms with Crippen molar-refractivity contribution in [3.05, 3.63) is 18.5 Å². The van der Waals surface area contributed by atoms with Crippen LogP contribution in [0.25, 0.3) is 0 Å². The topological polar surface area (TPSA) is 49.3 Å². The van der Waals surface area contributed by atoms with Gasteiger partial charge in [0.05, 0.1) is 5.92 Å². The molecule has 1 aliphatic carbocycles. The zero-order valence-electron chi connectivity index (χ0n) is 15.3. The summed E-state index contributed by atoms with van der Waals surface area (Å²) in [7, 11) is 0. The summed E-state index contributed by atoms with van der Waals surface area (Å²) >= 11 is 0. The minimum atomic E-state index is 0.105. The average molecular weight is 342 g/mol. The monoisotopic (exact) mass is 342 g/mol. The molecule has 0 bridgehead atoms. The quantitative estimate of drug-likeness (QED) is 0.828. The average Bonchev–Trinajstić information content (AvgIpc) is 2.69. The Balaban J connectivity index is 1.46. The van der Waals surface area contributed by atoms with Crippen molar-refractivity contribution in [2.75, 3.05) is 24.5 Å². The van der Waals surface area contributed by atoms with Crippen LogP contribution in [-0.2, 0) is 4.79 Å². The van der Waals surface area contributed by atoms with Gasteiger partial charge in [-0.05, 0) is 50.0 Å². The van der Waals surface area contributed by atoms with Crippen LogP contribution in [0.2, 0.25) is 0 Å². The summed E-state index contributed by atoms with van der Waals surface area (Å²) in [6, 6.07) is 2.34. The normalized spacial score (nSPS) is 33.0. The summed E-state index contributed by atoms with van der Waals surface area (Å²) in [4.78, 5) is 26.6. The molecule has 0 spiro atoms. The molecule has 3 aliphatic rings. The van der Waals surface area contributed by atoms with Crippen molar-refractivity contribution in [1.29, 1.82) is 0 Å². The molecule has 0 aromatic carbocycles. The van der Waals surface area contributed by atoms with Crippen molar-refractivity contribution >= 4 is 11.9 Å². The number of piperidine rings is 2. The number of anilines is 1. The molecule has 1 aromatic heterocycles. The molecule has 3 heterocycles. The van der Waals surface area contributed by atoms with Gasteiger partial charge in [0.25, 0.3) is 0 Å². The van der Waals surface area contributed by atoms with Gasteiger partial charge in [0.2, 0.25) is 11.9 Å². The Morgan fingerprint density at radius 2 is 1.84 bits per heavy atom. The summed E-state index contributed by atoms with van der Waals surface area (Å²) in [5.41, 5.74) is 0. The molecule has 4 rings (SSSR count). The Morgan fingerprint density at radius 3 is 2.68 bits per heavy atom. The molecule has 0 radical (unpaired) electrons. The van der Waals surface area contributed by atoms with Crippen molar-refractivity contribution in [2.45, 2.75) is 57.9 Å². The number of hydrogen-bond acceptors (Lipinski definition) is 4. The number of amides is 1. The highest BCUT2D eigenvalue weighted by atomic mass is 16.2. The molecule has 3 fully saturated rings. The van der Waals surface area contributed by atoms with Crippen molar-refractivity contribution < 1.29 is 4.79 Å². The standard InChI is InChI=1S/C20H30N4O/c1-15-9-13-24(18-8-3-2-7-17(15)18)19(25)16-6-4-12-23(14-16)20-21-10-5-11-22-20/h5,10-11,15-18H,2-4,6-9,12-14H2,1H3. The summed E-state index contributed by atoms with van der Waals surface area (Å²) in [5.74, 6) is 2.76. The van der Waals surface area contributed by atoms with E-state index >= 15 is 0 Å². The third kappa shape index (κ3) is 3.38. The van der Waals surface area contributed by atoms with Crippen molar-refractivity contribution in [3.63, 3.8) is 0 Å². The molecule has 25 heavy (non-hydrogen) atoms. The molecule has 5 nitrogen and oxygen atoms in total. The number of aromatic nitrogens is 2. The number of rotatable bonds is 2. The van der Waals surface area contributed by atoms with Crippen LogP contribution >= 0.6 is 0 Å². The van der Waals surface area contributed by atoms with Gasteiger partial charge in [-0.25, -0.2) is 9.97 Å². The SMILES string of the molecule is CC1CCN(C(=O)C2CCCN(c3ncccn3)C2)C2CCCCC12. The molecule has 1 aromatic rings. The van der Waals surface area contributed by atoms with Gasteiger partial charge in [0.1, 0.15) is 0 Å². The Morgan fingerprint density at radius 1 is 1.04 bits per heavy atom. The fourth-order valence-corrected chi connectivity index (χ4v) is 5.24. The maximum absolute atomic E-state index is 13.4. The molecule has 4 unspecified atom stereocenters. The van der Waals surface area contributed by atoms with Gasteiger partial charge in [0, 0.05) is 38.1 Å². The second-order valence-electron chi connectivity index (χ2n) is 8.15. The van der Waals surface area contributed by atoms with Gasteiger partial charge in [-0.1, -0.05) is 19.8 Å². The molecule has 4 atom stereocenters. The molecule has 1 saturated carbocycles. The predicted molar refractivity (Wildman–Crippen MR) is 98.2 cm³/mol. The lowest BCUT2D eigenvalue weighted by atomic mass is 9.72. The summed E-state index contributed by atoms with van der Waals surface area (Å²) < 4.78 is 0. The fraction of sp³-hybridized carbons (Fsp3) is 0.750. The molecular weight excluding hydrogens is 312 g/mol. The first kappa shape index (κ1) is 16.8. The second kappa shape index (κ2) is 7.30. The van der Waals surface area contributed by atoms with Gasteiger partial charge < -0.3 is 9.80 Å². The summed E-state index contributed by atoms with van der Waals surface area (Å²) in [6.07, 6.45) is 11.9. The van der Waals surface area contributed by atoms with Crippen LogP contribution in [0.4, 0.5) is 5.95 Å². The van der Waals surface area contributed by atoms with Crippen LogP contribution in [-0.4, -0.2) is 46.5 Å². The lowest BCUT2D eigenvalue weighted by molar-refractivity contribution is -0.143. The molecular formula is C20H30N4O. The van der Waals surface area contributed by atoms with Crippen LogP contribution < -0.4 is 4.90 Å². The molecule has 0 N–H and O–H groups in total. The molecule has 5 heteroatoms. The zero-order valence-corrected chi connectivity index (χ0v) is 15.3. The Bertz CT molecular complexity index is 593. The van der Waals surface area contributed by atoms with Gasteiger partial charge in [-0.3, -0.25) is 4.79 Å². The first-order chi connectivity index (χ1) is 12.2. The van der Waals surface area contributed by atoms with E-state index in [-0.39, 0.29) is 5.92 Å². The predicted octanol–water partition coefficient (Wildman–Crippen LogP) is 3.12. The van der Waals surface area contributed by atoms with E-state index in [9.17, 15) is 4.79 Å². The molecule has 1 amide bonds. The Labute approximate surface area is 150 Å². The summed E-state index contributed by atoms with van der Waals surface area (Å²) in [6.45, 7) is 5.07. The number of carbonyl (C=O) groups excluding carboxylic acids is 1. The van der Waals surface area contributed by atoms with E-state index in [0.717, 1.165) is 50.3 Å². The fourth-order valence-electron chi connectivity index (χ4n) is 5.24. The lowest BCUT2D eigenvalue weighted by Crippen LogP contribution is -2.55. The van der Waals surface area contributed by atoms with E-state index in [1.54, 1.807) is 12.4 Å². The van der Waals surface area contributed by atoms with Crippen LogP contribution in [0.1, 0.15) is 51.9 Å². The number of fused-ring (bicyclic) bond motifs is 1. The van der Waals surface area contributed by atoms with Crippen LogP contribution in [0.3, 0.4) is 0 Å². The molecule has 2 aliphatic heterocycles. The second-order valence-corrected chi connectivity index (χ2v) is 8.15. The van der Waals surface area contributed by atoms with Crippen LogP contribution in [0, 0.1) is 17.8 Å². The van der Waals surface area contributed by atoms with E-state index in [1.165, 1.54) is 32.1 Å². The number of carbonyl (C=O) groups is 1. The van der Waals surface area contributed by atoms with E-state index in [2.05, 4.69) is 26.7 Å². The van der Waals surface area contributed by atoms with Crippen molar-refractivity contribution in [3.8, 4) is 0 Å². The lowest BCUT2D eigenvalue weighted by Gasteiger charge is -2.48. The third-order valence-corrected chi connectivity index (χ3v) is 6.63. The maximum Gasteiger partial charge on any atom is 0.227 e. The zero-order chi connectivity index (χ0) is 17.2. The smallest absolute Gasteiger partial charge is 0.227 e. The number of likely N-dealkylation sites (tertiary alicyclic amines) is 1. The first-order valence-corrected chi connectivity index (χ1v) is 10.1. The van der Waals surface area contributed by atoms with E-state index in [4.69, 9.17) is 0 Å². The van der Waals surface area contributed by atoms with Gasteiger partial charge in [-0.15, -0.1) is 0 Å².